The van der Waals surface area contributed by atoms with Crippen molar-refractivity contribution in [1.82, 2.24) is 0 Å². The van der Waals surface area contributed by atoms with Crippen molar-refractivity contribution in [2.24, 2.45) is 0 Å². The molecule has 0 aromatic heterocycles. The molecule has 1 atom stereocenters. The molecule has 69 heavy (non-hydrogen) atoms. The molecule has 0 N–H and O–H groups in total. The van der Waals surface area contributed by atoms with Gasteiger partial charge < -0.3 is 14.2 Å². The van der Waals surface area contributed by atoms with E-state index < -0.39 is 6.10 Å². The molecule has 0 radical (unpaired) electrons. The number of unbranched alkanes of at least 4 members (excludes halogenated alkanes) is 42. The summed E-state index contributed by atoms with van der Waals surface area (Å²) in [7, 11) is 0. The Labute approximate surface area is 430 Å². The van der Waals surface area contributed by atoms with Crippen molar-refractivity contribution >= 4 is 17.9 Å². The Morgan fingerprint density at radius 3 is 0.739 bits per heavy atom. The van der Waals surface area contributed by atoms with Crippen LogP contribution in [0, 0.1) is 0 Å². The molecule has 0 unspecified atom stereocenters. The number of rotatable bonds is 57. The predicted octanol–water partition coefficient (Wildman–Crippen LogP) is 20.7. The van der Waals surface area contributed by atoms with Gasteiger partial charge in [-0.25, -0.2) is 0 Å². The van der Waals surface area contributed by atoms with Gasteiger partial charge in [-0.3, -0.25) is 14.4 Å². The summed E-state index contributed by atoms with van der Waals surface area (Å²) in [5.74, 6) is -0.861. The number of carbonyl (C=O) groups excluding carboxylic acids is 3. The number of allylic oxidation sites excluding steroid dienone is 4. The van der Waals surface area contributed by atoms with E-state index in [1.807, 2.05) is 0 Å². The van der Waals surface area contributed by atoms with Gasteiger partial charge in [-0.05, 0) is 70.6 Å². The molecular weight excluding hydrogens is 853 g/mol. The Morgan fingerprint density at radius 2 is 0.478 bits per heavy atom. The van der Waals surface area contributed by atoms with E-state index in [9.17, 15) is 14.4 Å². The highest BCUT2D eigenvalue weighted by atomic mass is 16.6. The van der Waals surface area contributed by atoms with E-state index >= 15 is 0 Å². The van der Waals surface area contributed by atoms with Crippen LogP contribution in [0.4, 0.5) is 0 Å². The first-order valence-electron chi connectivity index (χ1n) is 30.8. The molecule has 0 aromatic carbocycles. The van der Waals surface area contributed by atoms with E-state index in [0.717, 1.165) is 64.2 Å². The number of carbonyl (C=O) groups is 3. The third-order valence-corrected chi connectivity index (χ3v) is 13.9. The van der Waals surface area contributed by atoms with Gasteiger partial charge in [0.15, 0.2) is 6.10 Å². The quantitative estimate of drug-likeness (QED) is 0.0261. The summed E-state index contributed by atoms with van der Waals surface area (Å²) in [6, 6.07) is 0. The van der Waals surface area contributed by atoms with Crippen molar-refractivity contribution in [2.45, 2.75) is 348 Å². The lowest BCUT2D eigenvalue weighted by Crippen LogP contribution is -2.30. The Bertz CT molecular complexity index is 1110. The van der Waals surface area contributed by atoms with Crippen molar-refractivity contribution in [3.05, 3.63) is 24.3 Å². The van der Waals surface area contributed by atoms with Gasteiger partial charge in [-0.2, -0.15) is 0 Å². The molecule has 0 aromatic rings. The second-order valence-electron chi connectivity index (χ2n) is 21.0. The Kier molecular flexibility index (Phi) is 56.7. The molecule has 0 aliphatic carbocycles. The maximum Gasteiger partial charge on any atom is 0.306 e. The summed E-state index contributed by atoms with van der Waals surface area (Å²) in [5, 5.41) is 0. The highest BCUT2D eigenvalue weighted by molar-refractivity contribution is 5.71. The molecule has 406 valence electrons. The SMILES string of the molecule is CCCCCC/C=C\CCCCCCCCCC(=O)OC[C@H](COC(=O)CCCCCCCCCCCCCCCCCCCCCCC)OC(=O)CCCCCCC/C=C\CCCCCCCC. The molecule has 6 heteroatoms. The van der Waals surface area contributed by atoms with Crippen LogP contribution in [0.5, 0.6) is 0 Å². The van der Waals surface area contributed by atoms with Crippen molar-refractivity contribution in [1.29, 1.82) is 0 Å². The first-order chi connectivity index (χ1) is 34.0. The molecule has 0 bridgehead atoms. The van der Waals surface area contributed by atoms with Crippen LogP contribution in [0.2, 0.25) is 0 Å². The molecule has 0 heterocycles. The summed E-state index contributed by atoms with van der Waals surface area (Å²) in [6.07, 6.45) is 68.9. The predicted molar refractivity (Wildman–Crippen MR) is 298 cm³/mol. The Morgan fingerprint density at radius 1 is 0.275 bits per heavy atom. The minimum absolute atomic E-state index is 0.0712. The molecule has 0 saturated heterocycles. The van der Waals surface area contributed by atoms with Crippen LogP contribution in [0.3, 0.4) is 0 Å². The second kappa shape index (κ2) is 58.5. The van der Waals surface area contributed by atoms with E-state index in [-0.39, 0.29) is 31.1 Å². The molecule has 0 aliphatic heterocycles. The Hall–Kier alpha value is -2.11. The minimum atomic E-state index is -0.774. The molecule has 0 fully saturated rings. The fourth-order valence-electron chi connectivity index (χ4n) is 9.26. The zero-order valence-corrected chi connectivity index (χ0v) is 46.6. The average Bonchev–Trinajstić information content (AvgIpc) is 3.35. The molecule has 0 rings (SSSR count). The van der Waals surface area contributed by atoms with Crippen LogP contribution < -0.4 is 0 Å². The molecule has 0 amide bonds. The van der Waals surface area contributed by atoms with Crippen LogP contribution in [-0.2, 0) is 28.6 Å². The maximum absolute atomic E-state index is 12.9. The van der Waals surface area contributed by atoms with E-state index in [4.69, 9.17) is 14.2 Å². The fraction of sp³-hybridized carbons (Fsp3) is 0.889. The highest BCUT2D eigenvalue weighted by Gasteiger charge is 2.19. The first kappa shape index (κ1) is 66.9. The van der Waals surface area contributed by atoms with Crippen LogP contribution in [0.15, 0.2) is 24.3 Å². The molecule has 0 saturated carbocycles. The van der Waals surface area contributed by atoms with E-state index in [0.29, 0.717) is 19.3 Å². The van der Waals surface area contributed by atoms with Gasteiger partial charge in [-0.15, -0.1) is 0 Å². The standard InChI is InChI=1S/C63H118O6/c1-4-7-10-13-16-19-22-25-28-29-30-31-32-33-36-38-41-44-47-50-53-56-62(65)68-59-60(69-63(66)57-54-51-48-45-42-39-35-27-24-21-18-15-12-9-6-3)58-67-61(64)55-52-49-46-43-40-37-34-26-23-20-17-14-11-8-5-2/h20,23,27,35,60H,4-19,21-22,24-26,28-34,36-59H2,1-3H3/b23-20-,35-27-/t60-/m1/s1. The number of hydrogen-bond donors (Lipinski definition) is 0. The summed E-state index contributed by atoms with van der Waals surface area (Å²) < 4.78 is 16.9. The van der Waals surface area contributed by atoms with Crippen molar-refractivity contribution in [2.75, 3.05) is 13.2 Å². The number of esters is 3. The number of hydrogen-bond acceptors (Lipinski definition) is 6. The van der Waals surface area contributed by atoms with Gasteiger partial charge in [-0.1, -0.05) is 276 Å². The normalized spacial score (nSPS) is 12.1. The van der Waals surface area contributed by atoms with Gasteiger partial charge in [0.1, 0.15) is 13.2 Å². The monoisotopic (exact) mass is 971 g/mol. The van der Waals surface area contributed by atoms with E-state index in [1.165, 1.54) is 238 Å². The first-order valence-corrected chi connectivity index (χ1v) is 30.8. The third kappa shape index (κ3) is 56.7. The average molecular weight is 972 g/mol. The van der Waals surface area contributed by atoms with Crippen LogP contribution in [0.1, 0.15) is 342 Å². The number of ether oxygens (including phenoxy) is 3. The van der Waals surface area contributed by atoms with Crippen molar-refractivity contribution < 1.29 is 28.6 Å². The smallest absolute Gasteiger partial charge is 0.306 e. The lowest BCUT2D eigenvalue weighted by atomic mass is 10.0. The van der Waals surface area contributed by atoms with Crippen LogP contribution in [0.25, 0.3) is 0 Å². The molecule has 6 nitrogen and oxygen atoms in total. The van der Waals surface area contributed by atoms with Gasteiger partial charge in [0.25, 0.3) is 0 Å². The summed E-state index contributed by atoms with van der Waals surface area (Å²) in [5.41, 5.74) is 0. The maximum atomic E-state index is 12.9. The topological polar surface area (TPSA) is 78.9 Å². The third-order valence-electron chi connectivity index (χ3n) is 13.9. The van der Waals surface area contributed by atoms with Crippen LogP contribution in [-0.4, -0.2) is 37.2 Å². The molecule has 0 spiro atoms. The second-order valence-corrected chi connectivity index (χ2v) is 21.0. The van der Waals surface area contributed by atoms with Crippen LogP contribution >= 0.6 is 0 Å². The van der Waals surface area contributed by atoms with Gasteiger partial charge in [0.05, 0.1) is 0 Å². The van der Waals surface area contributed by atoms with Gasteiger partial charge in [0.2, 0.25) is 0 Å². The van der Waals surface area contributed by atoms with E-state index in [2.05, 4.69) is 45.1 Å². The Balaban J connectivity index is 4.29. The lowest BCUT2D eigenvalue weighted by molar-refractivity contribution is -0.167. The van der Waals surface area contributed by atoms with Gasteiger partial charge >= 0.3 is 17.9 Å². The summed E-state index contributed by atoms with van der Waals surface area (Å²) >= 11 is 0. The van der Waals surface area contributed by atoms with Crippen molar-refractivity contribution in [3.8, 4) is 0 Å². The van der Waals surface area contributed by atoms with Crippen molar-refractivity contribution in [3.63, 3.8) is 0 Å². The largest absolute Gasteiger partial charge is 0.462 e. The fourth-order valence-corrected chi connectivity index (χ4v) is 9.26. The van der Waals surface area contributed by atoms with Gasteiger partial charge in [0, 0.05) is 19.3 Å². The zero-order chi connectivity index (χ0) is 50.0. The highest BCUT2D eigenvalue weighted by Crippen LogP contribution is 2.17. The molecular formula is C63H118O6. The zero-order valence-electron chi connectivity index (χ0n) is 46.6. The summed E-state index contributed by atoms with van der Waals surface area (Å²) in [4.78, 5) is 38.2. The minimum Gasteiger partial charge on any atom is -0.462 e. The molecule has 0 aliphatic rings. The van der Waals surface area contributed by atoms with E-state index in [1.54, 1.807) is 0 Å². The summed E-state index contributed by atoms with van der Waals surface area (Å²) in [6.45, 7) is 6.67. The lowest BCUT2D eigenvalue weighted by Gasteiger charge is -2.18.